The zero-order valence-corrected chi connectivity index (χ0v) is 20.4. The SMILES string of the molecule is CC(C(C)N(Cc1ccccc1)Cc1ccccc1)N(Cc1ccccc1)Cc1ccccc1. The van der Waals surface area contributed by atoms with Crippen LogP contribution in [0.2, 0.25) is 0 Å². The summed E-state index contributed by atoms with van der Waals surface area (Å²) >= 11 is 0. The molecule has 0 aliphatic carbocycles. The third kappa shape index (κ3) is 6.90. The van der Waals surface area contributed by atoms with E-state index in [9.17, 15) is 0 Å². The average Bonchev–Trinajstić information content (AvgIpc) is 2.89. The van der Waals surface area contributed by atoms with Crippen LogP contribution in [0.5, 0.6) is 0 Å². The molecule has 0 heterocycles. The van der Waals surface area contributed by atoms with Crippen LogP contribution in [-0.2, 0) is 26.2 Å². The van der Waals surface area contributed by atoms with Crippen molar-refractivity contribution < 1.29 is 0 Å². The van der Waals surface area contributed by atoms with Gasteiger partial charge in [0.05, 0.1) is 0 Å². The lowest BCUT2D eigenvalue weighted by Gasteiger charge is -2.39. The lowest BCUT2D eigenvalue weighted by atomic mass is 10.0. The third-order valence-corrected chi connectivity index (χ3v) is 6.76. The van der Waals surface area contributed by atoms with Gasteiger partial charge in [0.2, 0.25) is 0 Å². The van der Waals surface area contributed by atoms with E-state index >= 15 is 0 Å². The maximum absolute atomic E-state index is 2.62. The van der Waals surface area contributed by atoms with E-state index in [0.717, 1.165) is 26.2 Å². The summed E-state index contributed by atoms with van der Waals surface area (Å²) in [5, 5.41) is 0. The van der Waals surface area contributed by atoms with Gasteiger partial charge < -0.3 is 0 Å². The standard InChI is InChI=1S/C32H36N2/c1-27(33(23-29-15-7-3-8-16-29)24-30-17-9-4-10-18-30)28(2)34(25-31-19-11-5-12-20-31)26-32-21-13-6-14-22-32/h3-22,27-28H,23-26H2,1-2H3. The molecular formula is C32H36N2. The summed E-state index contributed by atoms with van der Waals surface area (Å²) in [5.74, 6) is 0. The molecule has 0 saturated heterocycles. The lowest BCUT2D eigenvalue weighted by molar-refractivity contribution is 0.0755. The average molecular weight is 449 g/mol. The van der Waals surface area contributed by atoms with E-state index in [1.54, 1.807) is 0 Å². The van der Waals surface area contributed by atoms with Crippen molar-refractivity contribution in [2.45, 2.75) is 52.1 Å². The molecule has 2 nitrogen and oxygen atoms in total. The number of nitrogens with zero attached hydrogens (tertiary/aromatic N) is 2. The predicted octanol–water partition coefficient (Wildman–Crippen LogP) is 7.17. The Balaban J connectivity index is 1.58. The molecule has 4 aromatic rings. The van der Waals surface area contributed by atoms with Crippen molar-refractivity contribution in [3.05, 3.63) is 144 Å². The van der Waals surface area contributed by atoms with Gasteiger partial charge in [-0.05, 0) is 36.1 Å². The molecule has 0 spiro atoms. The van der Waals surface area contributed by atoms with E-state index in [-0.39, 0.29) is 0 Å². The summed E-state index contributed by atoms with van der Waals surface area (Å²) in [6.07, 6.45) is 0. The predicted molar refractivity (Wildman–Crippen MR) is 143 cm³/mol. The van der Waals surface area contributed by atoms with Crippen molar-refractivity contribution in [1.82, 2.24) is 9.80 Å². The van der Waals surface area contributed by atoms with Gasteiger partial charge in [0.25, 0.3) is 0 Å². The van der Waals surface area contributed by atoms with Crippen LogP contribution in [0, 0.1) is 0 Å². The van der Waals surface area contributed by atoms with E-state index in [2.05, 4.69) is 145 Å². The fraction of sp³-hybridized carbons (Fsp3) is 0.250. The van der Waals surface area contributed by atoms with Crippen LogP contribution in [0.1, 0.15) is 36.1 Å². The van der Waals surface area contributed by atoms with Gasteiger partial charge in [0, 0.05) is 38.3 Å². The molecule has 0 fully saturated rings. The van der Waals surface area contributed by atoms with Crippen molar-refractivity contribution in [2.24, 2.45) is 0 Å². The quantitative estimate of drug-likeness (QED) is 0.240. The molecule has 2 atom stereocenters. The number of rotatable bonds is 11. The van der Waals surface area contributed by atoms with Gasteiger partial charge in [0.1, 0.15) is 0 Å². The minimum absolute atomic E-state index is 0.368. The highest BCUT2D eigenvalue weighted by molar-refractivity contribution is 5.19. The van der Waals surface area contributed by atoms with Gasteiger partial charge in [-0.3, -0.25) is 9.80 Å². The number of hydrogen-bond acceptors (Lipinski definition) is 2. The van der Waals surface area contributed by atoms with Gasteiger partial charge >= 0.3 is 0 Å². The Morgan fingerprint density at radius 3 is 0.794 bits per heavy atom. The normalized spacial score (nSPS) is 13.2. The zero-order valence-electron chi connectivity index (χ0n) is 20.4. The summed E-state index contributed by atoms with van der Waals surface area (Å²) < 4.78 is 0. The van der Waals surface area contributed by atoms with Crippen LogP contribution in [0.15, 0.2) is 121 Å². The molecule has 0 amide bonds. The van der Waals surface area contributed by atoms with Gasteiger partial charge in [0.15, 0.2) is 0 Å². The van der Waals surface area contributed by atoms with Gasteiger partial charge in [-0.15, -0.1) is 0 Å². The first-order valence-corrected chi connectivity index (χ1v) is 12.3. The van der Waals surface area contributed by atoms with Crippen molar-refractivity contribution in [1.29, 1.82) is 0 Å². The van der Waals surface area contributed by atoms with E-state index in [4.69, 9.17) is 0 Å². The fourth-order valence-corrected chi connectivity index (χ4v) is 4.57. The first kappa shape index (κ1) is 23.9. The maximum atomic E-state index is 2.62. The number of benzene rings is 4. The molecule has 2 heteroatoms. The molecule has 0 saturated carbocycles. The number of hydrogen-bond donors (Lipinski definition) is 0. The molecule has 4 rings (SSSR count). The molecule has 0 aliphatic rings. The highest BCUT2D eigenvalue weighted by atomic mass is 15.2. The Hall–Kier alpha value is -3.20. The second-order valence-corrected chi connectivity index (χ2v) is 9.23. The monoisotopic (exact) mass is 448 g/mol. The van der Waals surface area contributed by atoms with Crippen LogP contribution < -0.4 is 0 Å². The van der Waals surface area contributed by atoms with Crippen LogP contribution in [0.25, 0.3) is 0 Å². The van der Waals surface area contributed by atoms with Crippen molar-refractivity contribution in [3.63, 3.8) is 0 Å². The maximum Gasteiger partial charge on any atom is 0.0240 e. The topological polar surface area (TPSA) is 6.48 Å². The zero-order chi connectivity index (χ0) is 23.6. The largest absolute Gasteiger partial charge is 0.291 e. The first-order valence-electron chi connectivity index (χ1n) is 12.3. The van der Waals surface area contributed by atoms with Crippen LogP contribution >= 0.6 is 0 Å². The van der Waals surface area contributed by atoms with Crippen molar-refractivity contribution in [2.75, 3.05) is 0 Å². The van der Waals surface area contributed by atoms with E-state index in [0.29, 0.717) is 12.1 Å². The van der Waals surface area contributed by atoms with E-state index < -0.39 is 0 Å². The van der Waals surface area contributed by atoms with E-state index in [1.165, 1.54) is 22.3 Å². The molecule has 2 unspecified atom stereocenters. The second-order valence-electron chi connectivity index (χ2n) is 9.23. The fourth-order valence-electron chi connectivity index (χ4n) is 4.57. The highest BCUT2D eigenvalue weighted by Crippen LogP contribution is 2.22. The molecule has 174 valence electrons. The Kier molecular flexibility index (Phi) is 8.67. The first-order chi connectivity index (χ1) is 16.7. The summed E-state index contributed by atoms with van der Waals surface area (Å²) in [5.41, 5.74) is 5.43. The third-order valence-electron chi connectivity index (χ3n) is 6.76. The Bertz CT molecular complexity index is 907. The summed E-state index contributed by atoms with van der Waals surface area (Å²) in [6, 6.07) is 44.1. The molecule has 0 radical (unpaired) electrons. The van der Waals surface area contributed by atoms with Crippen LogP contribution in [0.4, 0.5) is 0 Å². The Labute approximate surface area is 205 Å². The van der Waals surface area contributed by atoms with Gasteiger partial charge in [-0.25, -0.2) is 0 Å². The molecule has 0 bridgehead atoms. The lowest BCUT2D eigenvalue weighted by Crippen LogP contribution is -2.48. The van der Waals surface area contributed by atoms with Crippen LogP contribution in [0.3, 0.4) is 0 Å². The minimum atomic E-state index is 0.368. The summed E-state index contributed by atoms with van der Waals surface area (Å²) in [6.45, 7) is 8.52. The molecule has 0 aromatic heterocycles. The molecule has 0 aliphatic heterocycles. The summed E-state index contributed by atoms with van der Waals surface area (Å²) in [7, 11) is 0. The smallest absolute Gasteiger partial charge is 0.0240 e. The van der Waals surface area contributed by atoms with Crippen molar-refractivity contribution in [3.8, 4) is 0 Å². The highest BCUT2D eigenvalue weighted by Gasteiger charge is 2.26. The molecule has 4 aromatic carbocycles. The van der Waals surface area contributed by atoms with Gasteiger partial charge in [-0.1, -0.05) is 121 Å². The minimum Gasteiger partial charge on any atom is -0.291 e. The van der Waals surface area contributed by atoms with Crippen LogP contribution in [-0.4, -0.2) is 21.9 Å². The van der Waals surface area contributed by atoms with E-state index in [1.807, 2.05) is 0 Å². The van der Waals surface area contributed by atoms with Gasteiger partial charge in [-0.2, -0.15) is 0 Å². The summed E-state index contributed by atoms with van der Waals surface area (Å²) in [4.78, 5) is 5.25. The molecule has 0 N–H and O–H groups in total. The second kappa shape index (κ2) is 12.3. The molecule has 34 heavy (non-hydrogen) atoms. The van der Waals surface area contributed by atoms with Crippen molar-refractivity contribution >= 4 is 0 Å². The Morgan fingerprint density at radius 1 is 0.382 bits per heavy atom. The molecular weight excluding hydrogens is 412 g/mol. The Morgan fingerprint density at radius 2 is 0.588 bits per heavy atom.